The average Bonchev–Trinajstić information content (AvgIpc) is 3.11. The molecule has 1 N–H and O–H groups in total. The minimum atomic E-state index is -0.102. The van der Waals surface area contributed by atoms with Crippen molar-refractivity contribution in [3.05, 3.63) is 47.5 Å². The molecular weight excluding hydrogens is 358 g/mol. The molecule has 3 rings (SSSR count). The number of rotatable bonds is 5. The second-order valence-corrected chi connectivity index (χ2v) is 7.79. The molecule has 2 aromatic rings. The first-order valence-corrected chi connectivity index (χ1v) is 10.2. The zero-order chi connectivity index (χ0) is 19.2. The van der Waals surface area contributed by atoms with Gasteiger partial charge in [0, 0.05) is 24.4 Å². The van der Waals surface area contributed by atoms with Gasteiger partial charge in [-0.2, -0.15) is 0 Å². The third-order valence-electron chi connectivity index (χ3n) is 4.88. The van der Waals surface area contributed by atoms with Gasteiger partial charge in [0.05, 0.1) is 11.4 Å². The van der Waals surface area contributed by atoms with E-state index in [9.17, 15) is 9.59 Å². The van der Waals surface area contributed by atoms with Crippen molar-refractivity contribution in [3.8, 4) is 0 Å². The number of nitrogens with zero attached hydrogens (tertiary/aromatic N) is 2. The van der Waals surface area contributed by atoms with E-state index in [-0.39, 0.29) is 17.9 Å². The minimum Gasteiger partial charge on any atom is -0.350 e. The van der Waals surface area contributed by atoms with E-state index in [1.54, 1.807) is 11.0 Å². The van der Waals surface area contributed by atoms with Crippen LogP contribution >= 0.6 is 11.3 Å². The first-order valence-electron chi connectivity index (χ1n) is 9.34. The Labute approximate surface area is 164 Å². The smallest absolute Gasteiger partial charge is 0.244 e. The molecule has 1 saturated carbocycles. The molecular formula is C21H25N3O2S. The number of aromatic nitrogens is 1. The Morgan fingerprint density at radius 1 is 1.22 bits per heavy atom. The fourth-order valence-corrected chi connectivity index (χ4v) is 4.24. The molecule has 0 bridgehead atoms. The molecule has 142 valence electrons. The van der Waals surface area contributed by atoms with E-state index in [2.05, 4.69) is 17.2 Å². The van der Waals surface area contributed by atoms with Crippen LogP contribution < -0.4 is 10.2 Å². The van der Waals surface area contributed by atoms with Crippen molar-refractivity contribution in [3.63, 3.8) is 0 Å². The maximum atomic E-state index is 12.2. The van der Waals surface area contributed by atoms with E-state index in [1.165, 1.54) is 43.6 Å². The predicted octanol–water partition coefficient (Wildman–Crippen LogP) is 4.54. The lowest BCUT2D eigenvalue weighted by atomic mass is 9.86. The highest BCUT2D eigenvalue weighted by Crippen LogP contribution is 2.29. The Hall–Kier alpha value is -2.47. The Kier molecular flexibility index (Phi) is 6.40. The van der Waals surface area contributed by atoms with E-state index in [1.807, 2.05) is 35.7 Å². The van der Waals surface area contributed by atoms with Crippen LogP contribution in [0.5, 0.6) is 0 Å². The zero-order valence-electron chi connectivity index (χ0n) is 15.7. The van der Waals surface area contributed by atoms with Crippen LogP contribution in [0.4, 0.5) is 10.8 Å². The Morgan fingerprint density at radius 2 is 1.96 bits per heavy atom. The molecule has 6 heteroatoms. The summed E-state index contributed by atoms with van der Waals surface area (Å²) >= 11 is 1.38. The fourth-order valence-electron chi connectivity index (χ4n) is 3.38. The lowest BCUT2D eigenvalue weighted by Crippen LogP contribution is -2.40. The zero-order valence-corrected chi connectivity index (χ0v) is 16.5. The highest BCUT2D eigenvalue weighted by atomic mass is 32.1. The lowest BCUT2D eigenvalue weighted by molar-refractivity contribution is -0.118. The second kappa shape index (κ2) is 8.95. The van der Waals surface area contributed by atoms with E-state index >= 15 is 0 Å². The van der Waals surface area contributed by atoms with Crippen LogP contribution in [0.2, 0.25) is 0 Å². The summed E-state index contributed by atoms with van der Waals surface area (Å²) in [7, 11) is 0. The number of anilines is 2. The maximum Gasteiger partial charge on any atom is 0.244 e. The van der Waals surface area contributed by atoms with E-state index in [4.69, 9.17) is 0 Å². The molecule has 2 atom stereocenters. The summed E-state index contributed by atoms with van der Waals surface area (Å²) in [4.78, 5) is 30.4. The molecule has 0 saturated heterocycles. The summed E-state index contributed by atoms with van der Waals surface area (Å²) in [5, 5.41) is 5.54. The van der Waals surface area contributed by atoms with Crippen molar-refractivity contribution in [2.45, 2.75) is 45.6 Å². The van der Waals surface area contributed by atoms with Gasteiger partial charge in [-0.05, 0) is 37.0 Å². The fraction of sp³-hybridized carbons (Fsp3) is 0.381. The Balaban J connectivity index is 1.67. The summed E-state index contributed by atoms with van der Waals surface area (Å²) in [6.45, 7) is 3.71. The van der Waals surface area contributed by atoms with Crippen LogP contribution in [0.15, 0.2) is 41.8 Å². The number of benzene rings is 1. The van der Waals surface area contributed by atoms with E-state index < -0.39 is 0 Å². The van der Waals surface area contributed by atoms with Crippen molar-refractivity contribution in [1.29, 1.82) is 0 Å². The first kappa shape index (κ1) is 19.3. The molecule has 0 unspecified atom stereocenters. The van der Waals surface area contributed by atoms with Gasteiger partial charge < -0.3 is 5.32 Å². The van der Waals surface area contributed by atoms with Crippen LogP contribution in [-0.4, -0.2) is 22.8 Å². The number of para-hydroxylation sites is 1. The number of amides is 2. The van der Waals surface area contributed by atoms with Gasteiger partial charge >= 0.3 is 0 Å². The standard InChI is InChI=1S/C21H25N3O2S/c1-15-8-6-7-11-19(15)23-20(26)13-12-17-14-27-21(22-17)24(16(2)25)18-9-4-3-5-10-18/h3-5,9-10,12-15,19H,6-8,11H2,1-2H3,(H,23,26)/b13-12+/t15-,19+/m1/s1. The minimum absolute atomic E-state index is 0.0882. The Bertz CT molecular complexity index is 816. The maximum absolute atomic E-state index is 12.2. The predicted molar refractivity (Wildman–Crippen MR) is 110 cm³/mol. The van der Waals surface area contributed by atoms with Gasteiger partial charge in [0.2, 0.25) is 11.8 Å². The van der Waals surface area contributed by atoms with Gasteiger partial charge in [-0.3, -0.25) is 14.5 Å². The monoisotopic (exact) mass is 383 g/mol. The Morgan fingerprint density at radius 3 is 2.67 bits per heavy atom. The van der Waals surface area contributed by atoms with E-state index in [0.717, 1.165) is 12.1 Å². The number of carbonyl (C=O) groups excluding carboxylic acids is 2. The number of carbonyl (C=O) groups is 2. The lowest BCUT2D eigenvalue weighted by Gasteiger charge is -2.29. The molecule has 1 heterocycles. The number of hydrogen-bond donors (Lipinski definition) is 1. The summed E-state index contributed by atoms with van der Waals surface area (Å²) in [5.41, 5.74) is 1.45. The summed E-state index contributed by atoms with van der Waals surface area (Å²) in [5.74, 6) is 0.335. The summed E-state index contributed by atoms with van der Waals surface area (Å²) in [6, 6.07) is 9.68. The largest absolute Gasteiger partial charge is 0.350 e. The van der Waals surface area contributed by atoms with Gasteiger partial charge in [-0.25, -0.2) is 4.98 Å². The van der Waals surface area contributed by atoms with Crippen LogP contribution in [0.25, 0.3) is 6.08 Å². The van der Waals surface area contributed by atoms with Gasteiger partial charge in [-0.1, -0.05) is 38.0 Å². The molecule has 2 amide bonds. The van der Waals surface area contributed by atoms with Gasteiger partial charge in [0.15, 0.2) is 5.13 Å². The molecule has 0 aliphatic heterocycles. The molecule has 5 nitrogen and oxygen atoms in total. The topological polar surface area (TPSA) is 62.3 Å². The van der Waals surface area contributed by atoms with Crippen LogP contribution in [-0.2, 0) is 9.59 Å². The van der Waals surface area contributed by atoms with Crippen molar-refractivity contribution in [2.24, 2.45) is 5.92 Å². The highest BCUT2D eigenvalue weighted by molar-refractivity contribution is 7.14. The summed E-state index contributed by atoms with van der Waals surface area (Å²) < 4.78 is 0. The SMILES string of the molecule is CC(=O)N(c1ccccc1)c1nc(/C=C/C(=O)N[C@H]2CCCC[C@H]2C)cs1. The van der Waals surface area contributed by atoms with Gasteiger partial charge in [0.25, 0.3) is 0 Å². The van der Waals surface area contributed by atoms with Gasteiger partial charge in [-0.15, -0.1) is 11.3 Å². The molecule has 1 aromatic carbocycles. The van der Waals surface area contributed by atoms with E-state index in [0.29, 0.717) is 16.7 Å². The van der Waals surface area contributed by atoms with Crippen molar-refractivity contribution >= 4 is 40.0 Å². The normalized spacial score (nSPS) is 19.8. The van der Waals surface area contributed by atoms with Crippen LogP contribution in [0, 0.1) is 5.92 Å². The first-order chi connectivity index (χ1) is 13.0. The second-order valence-electron chi connectivity index (χ2n) is 6.96. The van der Waals surface area contributed by atoms with Crippen molar-refractivity contribution < 1.29 is 9.59 Å². The van der Waals surface area contributed by atoms with Crippen molar-refractivity contribution in [2.75, 3.05) is 4.90 Å². The van der Waals surface area contributed by atoms with Gasteiger partial charge in [0.1, 0.15) is 0 Å². The molecule has 27 heavy (non-hydrogen) atoms. The quantitative estimate of drug-likeness (QED) is 0.771. The number of hydrogen-bond acceptors (Lipinski definition) is 4. The molecule has 0 radical (unpaired) electrons. The van der Waals surface area contributed by atoms with Crippen molar-refractivity contribution in [1.82, 2.24) is 10.3 Å². The number of nitrogens with one attached hydrogen (secondary N) is 1. The third-order valence-corrected chi connectivity index (χ3v) is 5.72. The summed E-state index contributed by atoms with van der Waals surface area (Å²) in [6.07, 6.45) is 7.87. The molecule has 1 aromatic heterocycles. The molecule has 1 fully saturated rings. The number of thiazole rings is 1. The third kappa shape index (κ3) is 5.04. The van der Waals surface area contributed by atoms with Crippen LogP contribution in [0.1, 0.15) is 45.2 Å². The molecule has 1 aliphatic carbocycles. The molecule has 1 aliphatic rings. The molecule has 0 spiro atoms. The average molecular weight is 384 g/mol. The highest BCUT2D eigenvalue weighted by Gasteiger charge is 2.22. The van der Waals surface area contributed by atoms with Crippen LogP contribution in [0.3, 0.4) is 0 Å².